The third kappa shape index (κ3) is 2.13. The van der Waals surface area contributed by atoms with Gasteiger partial charge in [0.05, 0.1) is 7.11 Å². The fraction of sp³-hybridized carbons (Fsp3) is 0.500. The molecule has 2 N–H and O–H groups in total. The molecule has 1 aromatic carbocycles. The van der Waals surface area contributed by atoms with Gasteiger partial charge in [-0.15, -0.1) is 0 Å². The number of benzene rings is 1. The molecule has 0 radical (unpaired) electrons. The largest absolute Gasteiger partial charge is 0.497 e. The van der Waals surface area contributed by atoms with Gasteiger partial charge in [0.15, 0.2) is 0 Å². The molecule has 2 rings (SSSR count). The Morgan fingerprint density at radius 2 is 2.07 bits per heavy atom. The fourth-order valence-electron chi connectivity index (χ4n) is 1.96. The number of hydrogen-bond acceptors (Lipinski definition) is 3. The van der Waals surface area contributed by atoms with Crippen molar-refractivity contribution in [3.05, 3.63) is 29.8 Å². The third-order valence-corrected chi connectivity index (χ3v) is 3.03. The van der Waals surface area contributed by atoms with Gasteiger partial charge in [-0.1, -0.05) is 12.1 Å². The van der Waals surface area contributed by atoms with Crippen molar-refractivity contribution in [2.45, 2.75) is 18.4 Å². The highest BCUT2D eigenvalue weighted by atomic mass is 16.5. The lowest BCUT2D eigenvalue weighted by molar-refractivity contribution is 0.0522. The molecule has 3 heteroatoms. The molecule has 0 spiro atoms. The average Bonchev–Trinajstić information content (AvgIpc) is 2.30. The van der Waals surface area contributed by atoms with E-state index in [1.807, 2.05) is 18.2 Å². The molecule has 0 amide bonds. The minimum absolute atomic E-state index is 0.243. The number of hydrogen-bond donors (Lipinski definition) is 1. The van der Waals surface area contributed by atoms with E-state index in [4.69, 9.17) is 15.2 Å². The van der Waals surface area contributed by atoms with Gasteiger partial charge in [-0.05, 0) is 30.5 Å². The molecular formula is C12H17NO2. The molecule has 1 heterocycles. The van der Waals surface area contributed by atoms with Crippen molar-refractivity contribution >= 4 is 0 Å². The summed E-state index contributed by atoms with van der Waals surface area (Å²) in [6.07, 6.45) is 1.75. The first-order valence-electron chi connectivity index (χ1n) is 5.26. The van der Waals surface area contributed by atoms with Gasteiger partial charge < -0.3 is 15.2 Å². The molecular weight excluding hydrogens is 190 g/mol. The fourth-order valence-corrected chi connectivity index (χ4v) is 1.96. The van der Waals surface area contributed by atoms with Crippen LogP contribution in [-0.4, -0.2) is 20.3 Å². The Morgan fingerprint density at radius 1 is 1.33 bits per heavy atom. The van der Waals surface area contributed by atoms with Crippen LogP contribution in [0.15, 0.2) is 24.3 Å². The molecule has 82 valence electrons. The Balaban J connectivity index is 2.26. The first-order chi connectivity index (χ1) is 7.24. The van der Waals surface area contributed by atoms with Crippen molar-refractivity contribution in [1.82, 2.24) is 0 Å². The molecule has 1 fully saturated rings. The minimum Gasteiger partial charge on any atom is -0.497 e. The van der Waals surface area contributed by atoms with Gasteiger partial charge in [0, 0.05) is 18.8 Å². The molecule has 0 saturated carbocycles. The standard InChI is InChI=1S/C12H17NO2/c1-14-11-4-2-3-10(9-11)12(13)5-7-15-8-6-12/h2-4,9H,5-8,13H2,1H3. The maximum absolute atomic E-state index is 6.37. The highest BCUT2D eigenvalue weighted by Crippen LogP contribution is 2.31. The number of ether oxygens (including phenoxy) is 2. The maximum atomic E-state index is 6.37. The smallest absolute Gasteiger partial charge is 0.119 e. The first kappa shape index (κ1) is 10.5. The molecule has 15 heavy (non-hydrogen) atoms. The van der Waals surface area contributed by atoms with E-state index in [1.54, 1.807) is 7.11 Å². The Labute approximate surface area is 90.2 Å². The quantitative estimate of drug-likeness (QED) is 0.802. The summed E-state index contributed by atoms with van der Waals surface area (Å²) in [6.45, 7) is 1.49. The monoisotopic (exact) mass is 207 g/mol. The zero-order valence-corrected chi connectivity index (χ0v) is 9.03. The second-order valence-electron chi connectivity index (χ2n) is 4.00. The lowest BCUT2D eigenvalue weighted by atomic mass is 9.84. The molecule has 0 unspecified atom stereocenters. The van der Waals surface area contributed by atoms with Gasteiger partial charge in [0.25, 0.3) is 0 Å². The molecule has 3 nitrogen and oxygen atoms in total. The van der Waals surface area contributed by atoms with Crippen LogP contribution in [-0.2, 0) is 10.3 Å². The molecule has 0 bridgehead atoms. The Morgan fingerprint density at radius 3 is 2.73 bits per heavy atom. The van der Waals surface area contributed by atoms with E-state index in [0.717, 1.165) is 37.4 Å². The van der Waals surface area contributed by atoms with E-state index >= 15 is 0 Å². The molecule has 1 aliphatic rings. The molecule has 1 aromatic rings. The van der Waals surface area contributed by atoms with E-state index in [-0.39, 0.29) is 5.54 Å². The first-order valence-corrected chi connectivity index (χ1v) is 5.26. The topological polar surface area (TPSA) is 44.5 Å². The summed E-state index contributed by atoms with van der Waals surface area (Å²) in [5, 5.41) is 0. The predicted molar refractivity (Wildman–Crippen MR) is 58.9 cm³/mol. The van der Waals surface area contributed by atoms with Crippen LogP contribution in [0.1, 0.15) is 18.4 Å². The summed E-state index contributed by atoms with van der Waals surface area (Å²) in [5.74, 6) is 0.865. The van der Waals surface area contributed by atoms with Crippen molar-refractivity contribution in [2.24, 2.45) is 5.73 Å². The van der Waals surface area contributed by atoms with Gasteiger partial charge in [-0.2, -0.15) is 0 Å². The minimum atomic E-state index is -0.243. The summed E-state index contributed by atoms with van der Waals surface area (Å²) in [7, 11) is 1.67. The lowest BCUT2D eigenvalue weighted by Crippen LogP contribution is -2.42. The van der Waals surface area contributed by atoms with Crippen LogP contribution in [0.25, 0.3) is 0 Å². The van der Waals surface area contributed by atoms with Gasteiger partial charge in [0.2, 0.25) is 0 Å². The summed E-state index contributed by atoms with van der Waals surface area (Å²) in [6, 6.07) is 8.00. The maximum Gasteiger partial charge on any atom is 0.119 e. The third-order valence-electron chi connectivity index (χ3n) is 3.03. The summed E-state index contributed by atoms with van der Waals surface area (Å²) >= 11 is 0. The average molecular weight is 207 g/mol. The van der Waals surface area contributed by atoms with E-state index in [2.05, 4.69) is 6.07 Å². The number of rotatable bonds is 2. The zero-order chi connectivity index (χ0) is 10.7. The SMILES string of the molecule is COc1cccc(C2(N)CCOCC2)c1. The van der Waals surface area contributed by atoms with Crippen LogP contribution < -0.4 is 10.5 Å². The number of nitrogens with two attached hydrogens (primary N) is 1. The highest BCUT2D eigenvalue weighted by Gasteiger charge is 2.29. The summed E-state index contributed by atoms with van der Waals surface area (Å²) < 4.78 is 10.5. The zero-order valence-electron chi connectivity index (χ0n) is 9.03. The lowest BCUT2D eigenvalue weighted by Gasteiger charge is -2.34. The van der Waals surface area contributed by atoms with Crippen molar-refractivity contribution < 1.29 is 9.47 Å². The predicted octanol–water partition coefficient (Wildman–Crippen LogP) is 1.66. The summed E-state index contributed by atoms with van der Waals surface area (Å²) in [5.41, 5.74) is 7.27. The second kappa shape index (κ2) is 4.21. The van der Waals surface area contributed by atoms with Crippen LogP contribution in [0.3, 0.4) is 0 Å². The van der Waals surface area contributed by atoms with Gasteiger partial charge in [-0.3, -0.25) is 0 Å². The van der Waals surface area contributed by atoms with E-state index < -0.39 is 0 Å². The highest BCUT2D eigenvalue weighted by molar-refractivity contribution is 5.33. The van der Waals surface area contributed by atoms with Gasteiger partial charge >= 0.3 is 0 Å². The normalized spacial score (nSPS) is 19.9. The molecule has 1 saturated heterocycles. The van der Waals surface area contributed by atoms with Crippen LogP contribution in [0.4, 0.5) is 0 Å². The Kier molecular flexibility index (Phi) is 2.93. The van der Waals surface area contributed by atoms with Gasteiger partial charge in [0.1, 0.15) is 5.75 Å². The van der Waals surface area contributed by atoms with Crippen LogP contribution in [0.2, 0.25) is 0 Å². The molecule has 0 aromatic heterocycles. The van der Waals surface area contributed by atoms with Crippen molar-refractivity contribution in [3.8, 4) is 5.75 Å². The van der Waals surface area contributed by atoms with Crippen LogP contribution in [0, 0.1) is 0 Å². The van der Waals surface area contributed by atoms with Crippen molar-refractivity contribution in [2.75, 3.05) is 20.3 Å². The number of methoxy groups -OCH3 is 1. The Hall–Kier alpha value is -1.06. The van der Waals surface area contributed by atoms with Crippen molar-refractivity contribution in [1.29, 1.82) is 0 Å². The summed E-state index contributed by atoms with van der Waals surface area (Å²) in [4.78, 5) is 0. The van der Waals surface area contributed by atoms with Crippen molar-refractivity contribution in [3.63, 3.8) is 0 Å². The van der Waals surface area contributed by atoms with E-state index in [1.165, 1.54) is 0 Å². The Bertz CT molecular complexity index is 332. The van der Waals surface area contributed by atoms with Crippen LogP contribution >= 0.6 is 0 Å². The van der Waals surface area contributed by atoms with Crippen LogP contribution in [0.5, 0.6) is 5.75 Å². The molecule has 1 aliphatic heterocycles. The van der Waals surface area contributed by atoms with E-state index in [9.17, 15) is 0 Å². The molecule has 0 atom stereocenters. The van der Waals surface area contributed by atoms with E-state index in [0.29, 0.717) is 0 Å². The van der Waals surface area contributed by atoms with Gasteiger partial charge in [-0.25, -0.2) is 0 Å². The molecule has 0 aliphatic carbocycles. The second-order valence-corrected chi connectivity index (χ2v) is 4.00.